The number of thioether (sulfide) groups is 1. The topological polar surface area (TPSA) is 105 Å². The van der Waals surface area contributed by atoms with Gasteiger partial charge in [0.05, 0.1) is 12.3 Å². The zero-order valence-corrected chi connectivity index (χ0v) is 16.0. The van der Waals surface area contributed by atoms with Gasteiger partial charge in [-0.2, -0.15) is 5.21 Å². The van der Waals surface area contributed by atoms with Gasteiger partial charge in [-0.1, -0.05) is 66.4 Å². The van der Waals surface area contributed by atoms with Crippen molar-refractivity contribution in [3.8, 4) is 11.4 Å². The van der Waals surface area contributed by atoms with Crippen molar-refractivity contribution < 1.29 is 0 Å². The number of nitrogens with one attached hydrogen (secondary N) is 2. The van der Waals surface area contributed by atoms with Crippen LogP contribution in [0.25, 0.3) is 16.2 Å². The third kappa shape index (κ3) is 4.23. The molecule has 0 saturated heterocycles. The average molecular weight is 401 g/mol. The van der Waals surface area contributed by atoms with Crippen LogP contribution in [0.15, 0.2) is 64.5 Å². The molecule has 0 fully saturated rings. The van der Waals surface area contributed by atoms with E-state index in [2.05, 4.69) is 35.4 Å². The fourth-order valence-electron chi connectivity index (χ4n) is 2.87. The van der Waals surface area contributed by atoms with Gasteiger partial charge in [-0.15, -0.1) is 10.2 Å². The van der Waals surface area contributed by atoms with Gasteiger partial charge in [0.25, 0.3) is 11.2 Å². The number of rotatable bonds is 6. The number of nitrogens with zero attached hydrogens (tertiary/aromatic N) is 5. The standard InChI is InChI=1S/C20H15N7OS/c1-21-17-16(11-13-7-3-2-4-8-13)22-20(23-19(17)28)29-12-14-9-5-6-10-15(14)18-24-26-27-25-18/h2-10H,11-12H2,(H,22,23,28)(H,24,25,26,27). The van der Waals surface area contributed by atoms with E-state index in [1.54, 1.807) is 0 Å². The fourth-order valence-corrected chi connectivity index (χ4v) is 3.76. The summed E-state index contributed by atoms with van der Waals surface area (Å²) >= 11 is 1.39. The van der Waals surface area contributed by atoms with Crippen molar-refractivity contribution in [2.75, 3.05) is 0 Å². The summed E-state index contributed by atoms with van der Waals surface area (Å²) in [6, 6.07) is 17.4. The smallest absolute Gasteiger partial charge is 0.271 e. The van der Waals surface area contributed by atoms with Gasteiger partial charge in [0.1, 0.15) is 0 Å². The summed E-state index contributed by atoms with van der Waals surface area (Å²) in [5, 5.41) is 14.6. The van der Waals surface area contributed by atoms with E-state index in [-0.39, 0.29) is 5.69 Å². The molecule has 0 bridgehead atoms. The van der Waals surface area contributed by atoms with E-state index in [4.69, 9.17) is 6.57 Å². The van der Waals surface area contributed by atoms with Crippen LogP contribution in [0.3, 0.4) is 0 Å². The van der Waals surface area contributed by atoms with Crippen molar-refractivity contribution in [3.63, 3.8) is 0 Å². The Morgan fingerprint density at radius 1 is 1.07 bits per heavy atom. The molecular formula is C20H15N7OS. The minimum absolute atomic E-state index is 0.0328. The Labute approximate surface area is 170 Å². The first kappa shape index (κ1) is 18.6. The Bertz CT molecular complexity index is 1210. The molecule has 0 unspecified atom stereocenters. The number of hydrogen-bond acceptors (Lipinski definition) is 6. The molecule has 0 spiro atoms. The Hall–Kier alpha value is -3.77. The minimum Gasteiger partial charge on any atom is -0.311 e. The molecule has 4 rings (SSSR count). The van der Waals surface area contributed by atoms with Gasteiger partial charge in [-0.25, -0.2) is 9.83 Å². The summed E-state index contributed by atoms with van der Waals surface area (Å²) in [5.41, 5.74) is 2.93. The molecule has 2 N–H and O–H groups in total. The average Bonchev–Trinajstić information content (AvgIpc) is 3.28. The highest BCUT2D eigenvalue weighted by Crippen LogP contribution is 2.27. The quantitative estimate of drug-likeness (QED) is 0.292. The lowest BCUT2D eigenvalue weighted by atomic mass is 10.1. The van der Waals surface area contributed by atoms with E-state index in [1.807, 2.05) is 54.6 Å². The number of hydrogen-bond donors (Lipinski definition) is 2. The normalized spacial score (nSPS) is 10.6. The number of aromatic amines is 2. The van der Waals surface area contributed by atoms with Crippen molar-refractivity contribution >= 4 is 17.4 Å². The van der Waals surface area contributed by atoms with Crippen LogP contribution in [0.4, 0.5) is 5.69 Å². The molecule has 8 nitrogen and oxygen atoms in total. The molecule has 0 atom stereocenters. The zero-order valence-electron chi connectivity index (χ0n) is 15.2. The number of H-pyrrole nitrogens is 2. The minimum atomic E-state index is -0.421. The van der Waals surface area contributed by atoms with Crippen LogP contribution in [0.2, 0.25) is 0 Å². The summed E-state index contributed by atoms with van der Waals surface area (Å²) < 4.78 is 0. The maximum Gasteiger partial charge on any atom is 0.271 e. The summed E-state index contributed by atoms with van der Waals surface area (Å²) in [4.78, 5) is 23.0. The van der Waals surface area contributed by atoms with Crippen molar-refractivity contribution in [3.05, 3.63) is 93.2 Å². The molecule has 142 valence electrons. The van der Waals surface area contributed by atoms with Crippen molar-refractivity contribution in [1.82, 2.24) is 30.6 Å². The molecule has 9 heteroatoms. The van der Waals surface area contributed by atoms with Gasteiger partial charge in [-0.05, 0) is 16.3 Å². The molecule has 2 heterocycles. The largest absolute Gasteiger partial charge is 0.311 e. The number of benzene rings is 2. The van der Waals surface area contributed by atoms with Gasteiger partial charge >= 0.3 is 0 Å². The maximum absolute atomic E-state index is 12.4. The second-order valence-corrected chi connectivity index (χ2v) is 7.09. The molecule has 0 aliphatic rings. The molecule has 2 aromatic heterocycles. The fraction of sp³-hybridized carbons (Fsp3) is 0.100. The number of tetrazole rings is 1. The molecule has 0 radical (unpaired) electrons. The first-order chi connectivity index (χ1) is 14.2. The monoisotopic (exact) mass is 401 g/mol. The van der Waals surface area contributed by atoms with Crippen molar-refractivity contribution in [1.29, 1.82) is 0 Å². The highest BCUT2D eigenvalue weighted by atomic mass is 32.2. The molecular weight excluding hydrogens is 386 g/mol. The summed E-state index contributed by atoms with van der Waals surface area (Å²) in [7, 11) is 0. The predicted octanol–water partition coefficient (Wildman–Crippen LogP) is 3.38. The van der Waals surface area contributed by atoms with E-state index in [0.717, 1.165) is 16.7 Å². The van der Waals surface area contributed by atoms with E-state index < -0.39 is 5.56 Å². The lowest BCUT2D eigenvalue weighted by Gasteiger charge is -2.08. The molecule has 0 aliphatic carbocycles. The number of aromatic nitrogens is 6. The van der Waals surface area contributed by atoms with E-state index in [9.17, 15) is 4.79 Å². The molecule has 0 amide bonds. The van der Waals surface area contributed by atoms with Crippen LogP contribution in [-0.4, -0.2) is 30.6 Å². The van der Waals surface area contributed by atoms with Gasteiger partial charge < -0.3 is 4.98 Å². The van der Waals surface area contributed by atoms with Gasteiger partial charge in [0, 0.05) is 17.7 Å². The van der Waals surface area contributed by atoms with Crippen LogP contribution in [0, 0.1) is 6.57 Å². The third-order valence-electron chi connectivity index (χ3n) is 4.24. The molecule has 29 heavy (non-hydrogen) atoms. The third-order valence-corrected chi connectivity index (χ3v) is 5.16. The van der Waals surface area contributed by atoms with E-state index in [1.165, 1.54) is 11.8 Å². The maximum atomic E-state index is 12.4. The molecule has 0 saturated carbocycles. The van der Waals surface area contributed by atoms with Crippen molar-refractivity contribution in [2.45, 2.75) is 17.3 Å². The summed E-state index contributed by atoms with van der Waals surface area (Å²) in [6.45, 7) is 7.34. The zero-order chi connectivity index (χ0) is 20.1. The SMILES string of the molecule is [C-]#[N+]c1c(Cc2ccccc2)nc(SCc2ccccc2-c2nn[nH]n2)[nH]c1=O. The highest BCUT2D eigenvalue weighted by Gasteiger charge is 2.14. The molecule has 0 aliphatic heterocycles. The summed E-state index contributed by atoms with van der Waals surface area (Å²) in [6.07, 6.45) is 0.426. The second-order valence-electron chi connectivity index (χ2n) is 6.12. The van der Waals surface area contributed by atoms with Crippen LogP contribution in [0.5, 0.6) is 0 Å². The second kappa shape index (κ2) is 8.50. The Kier molecular flexibility index (Phi) is 5.45. The van der Waals surface area contributed by atoms with Gasteiger partial charge in [0.15, 0.2) is 5.16 Å². The van der Waals surface area contributed by atoms with Crippen LogP contribution >= 0.6 is 11.8 Å². The van der Waals surface area contributed by atoms with Crippen molar-refractivity contribution in [2.24, 2.45) is 0 Å². The van der Waals surface area contributed by atoms with Crippen LogP contribution in [-0.2, 0) is 12.2 Å². The highest BCUT2D eigenvalue weighted by molar-refractivity contribution is 7.98. The van der Waals surface area contributed by atoms with E-state index >= 15 is 0 Å². The Morgan fingerprint density at radius 2 is 1.86 bits per heavy atom. The first-order valence-electron chi connectivity index (χ1n) is 8.73. The van der Waals surface area contributed by atoms with Crippen LogP contribution < -0.4 is 5.56 Å². The Morgan fingerprint density at radius 3 is 2.62 bits per heavy atom. The first-order valence-corrected chi connectivity index (χ1v) is 9.72. The van der Waals surface area contributed by atoms with Crippen LogP contribution in [0.1, 0.15) is 16.8 Å². The predicted molar refractivity (Wildman–Crippen MR) is 110 cm³/mol. The van der Waals surface area contributed by atoms with Gasteiger partial charge in [0.2, 0.25) is 5.82 Å². The molecule has 2 aromatic carbocycles. The van der Waals surface area contributed by atoms with E-state index in [0.29, 0.717) is 28.8 Å². The summed E-state index contributed by atoms with van der Waals surface area (Å²) in [5.74, 6) is 1.06. The van der Waals surface area contributed by atoms with Gasteiger partial charge in [-0.3, -0.25) is 4.79 Å². The molecule has 4 aromatic rings. The Balaban J connectivity index is 1.61. The lowest BCUT2D eigenvalue weighted by Crippen LogP contribution is -2.12. The lowest BCUT2D eigenvalue weighted by molar-refractivity contribution is 0.881.